The van der Waals surface area contributed by atoms with E-state index in [1.807, 2.05) is 24.3 Å². The van der Waals surface area contributed by atoms with Crippen molar-refractivity contribution < 1.29 is 9.84 Å². The predicted molar refractivity (Wildman–Crippen MR) is 86.6 cm³/mol. The van der Waals surface area contributed by atoms with Crippen LogP contribution in [-0.4, -0.2) is 34.5 Å². The van der Waals surface area contributed by atoms with Gasteiger partial charge in [0.15, 0.2) is 0 Å². The van der Waals surface area contributed by atoms with Crippen molar-refractivity contribution in [1.82, 2.24) is 9.88 Å². The molecule has 1 aliphatic rings. The Morgan fingerprint density at radius 2 is 2.14 bits per heavy atom. The average molecular weight is 317 g/mol. The van der Waals surface area contributed by atoms with Gasteiger partial charge in [-0.25, -0.2) is 4.98 Å². The van der Waals surface area contributed by atoms with E-state index in [0.29, 0.717) is 17.4 Å². The first kappa shape index (κ1) is 15.0. The molecule has 0 amide bonds. The number of aryl methyl sites for hydroxylation is 1. The molecule has 116 valence electrons. The van der Waals surface area contributed by atoms with Crippen molar-refractivity contribution in [3.8, 4) is 5.75 Å². The molecule has 22 heavy (non-hydrogen) atoms. The number of hydrogen-bond acceptors (Lipinski definition) is 5. The van der Waals surface area contributed by atoms with Gasteiger partial charge in [0, 0.05) is 13.1 Å². The van der Waals surface area contributed by atoms with E-state index in [1.165, 1.54) is 11.3 Å². The van der Waals surface area contributed by atoms with Crippen LogP contribution in [0.3, 0.4) is 0 Å². The zero-order valence-corrected chi connectivity index (χ0v) is 13.3. The molecule has 2 aromatic rings. The summed E-state index contributed by atoms with van der Waals surface area (Å²) >= 11 is 1.43. The predicted octanol–water partition coefficient (Wildman–Crippen LogP) is 2.42. The van der Waals surface area contributed by atoms with Gasteiger partial charge in [0.1, 0.15) is 16.6 Å². The summed E-state index contributed by atoms with van der Waals surface area (Å²) in [7, 11) is 1.66. The van der Waals surface area contributed by atoms with E-state index < -0.39 is 0 Å². The summed E-state index contributed by atoms with van der Waals surface area (Å²) in [4.78, 5) is 7.40. The Morgan fingerprint density at radius 1 is 1.36 bits per heavy atom. The van der Waals surface area contributed by atoms with Gasteiger partial charge >= 0.3 is 0 Å². The second-order valence-corrected chi connectivity index (χ2v) is 6.35. The third-order valence-corrected chi connectivity index (χ3v) is 4.87. The van der Waals surface area contributed by atoms with Crippen LogP contribution in [0.15, 0.2) is 24.3 Å². The molecule has 0 radical (unpaired) electrons. The summed E-state index contributed by atoms with van der Waals surface area (Å²) < 4.78 is 5.18. The number of nitrogens with one attached hydrogen (secondary N) is 1. The number of ether oxygens (including phenoxy) is 1. The molecule has 0 bridgehead atoms. The van der Waals surface area contributed by atoms with E-state index in [2.05, 4.69) is 9.88 Å². The topological polar surface area (TPSA) is 69.4 Å². The fraction of sp³-hybridized carbons (Fsp3) is 0.375. The van der Waals surface area contributed by atoms with Crippen molar-refractivity contribution in [2.45, 2.75) is 26.0 Å². The van der Waals surface area contributed by atoms with Gasteiger partial charge in [-0.15, -0.1) is 11.3 Å². The number of thiazole rings is 1. The number of rotatable bonds is 4. The quantitative estimate of drug-likeness (QED) is 0.908. The number of benzene rings is 1. The SMILES string of the molecule is COc1ccc(CN2CCCc3nc(CO)sc3C2=N)cc1. The lowest BCUT2D eigenvalue weighted by molar-refractivity contribution is 0.281. The van der Waals surface area contributed by atoms with Crippen LogP contribution >= 0.6 is 11.3 Å². The summed E-state index contributed by atoms with van der Waals surface area (Å²) in [5.74, 6) is 1.35. The number of nitrogens with zero attached hydrogens (tertiary/aromatic N) is 2. The smallest absolute Gasteiger partial charge is 0.140 e. The molecule has 6 heteroatoms. The molecule has 0 spiro atoms. The third kappa shape index (κ3) is 2.98. The van der Waals surface area contributed by atoms with E-state index >= 15 is 0 Å². The highest BCUT2D eigenvalue weighted by molar-refractivity contribution is 7.13. The Hall–Kier alpha value is -1.92. The van der Waals surface area contributed by atoms with Crippen LogP contribution < -0.4 is 4.74 Å². The monoisotopic (exact) mass is 317 g/mol. The summed E-state index contributed by atoms with van der Waals surface area (Å²) in [5.41, 5.74) is 2.11. The Balaban J connectivity index is 1.79. The van der Waals surface area contributed by atoms with Gasteiger partial charge in [-0.3, -0.25) is 5.41 Å². The molecule has 1 aromatic heterocycles. The lowest BCUT2D eigenvalue weighted by atomic mass is 10.2. The first-order valence-corrected chi connectivity index (χ1v) is 8.09. The van der Waals surface area contributed by atoms with Crippen molar-refractivity contribution in [2.24, 2.45) is 0 Å². The highest BCUT2D eigenvalue weighted by Gasteiger charge is 2.23. The van der Waals surface area contributed by atoms with E-state index in [1.54, 1.807) is 7.11 Å². The molecule has 0 saturated carbocycles. The summed E-state index contributed by atoms with van der Waals surface area (Å²) in [6, 6.07) is 7.95. The number of aromatic nitrogens is 1. The van der Waals surface area contributed by atoms with Gasteiger partial charge in [0.25, 0.3) is 0 Å². The second kappa shape index (κ2) is 6.46. The van der Waals surface area contributed by atoms with Gasteiger partial charge < -0.3 is 14.7 Å². The molecule has 2 heterocycles. The molecule has 0 aliphatic carbocycles. The Morgan fingerprint density at radius 3 is 2.82 bits per heavy atom. The van der Waals surface area contributed by atoms with Crippen molar-refractivity contribution in [1.29, 1.82) is 5.41 Å². The minimum atomic E-state index is -0.0522. The Labute approximate surface area is 133 Å². The first-order chi connectivity index (χ1) is 10.7. The molecular weight excluding hydrogens is 298 g/mol. The molecule has 1 aromatic carbocycles. The zero-order valence-electron chi connectivity index (χ0n) is 12.5. The molecule has 2 N–H and O–H groups in total. The Bertz CT molecular complexity index is 667. The van der Waals surface area contributed by atoms with Crippen LogP contribution in [0, 0.1) is 5.41 Å². The largest absolute Gasteiger partial charge is 0.497 e. The highest BCUT2D eigenvalue weighted by atomic mass is 32.1. The van der Waals surface area contributed by atoms with E-state index in [0.717, 1.165) is 41.3 Å². The lowest BCUT2D eigenvalue weighted by Gasteiger charge is -2.23. The maximum atomic E-state index is 9.25. The fourth-order valence-electron chi connectivity index (χ4n) is 2.63. The maximum Gasteiger partial charge on any atom is 0.140 e. The second-order valence-electron chi connectivity index (χ2n) is 5.26. The van der Waals surface area contributed by atoms with Crippen molar-refractivity contribution in [3.05, 3.63) is 45.4 Å². The van der Waals surface area contributed by atoms with Crippen LogP contribution in [-0.2, 0) is 19.6 Å². The van der Waals surface area contributed by atoms with Crippen molar-refractivity contribution in [3.63, 3.8) is 0 Å². The van der Waals surface area contributed by atoms with Gasteiger partial charge in [-0.1, -0.05) is 12.1 Å². The summed E-state index contributed by atoms with van der Waals surface area (Å²) in [6.45, 7) is 1.50. The average Bonchev–Trinajstić information content (AvgIpc) is 2.91. The van der Waals surface area contributed by atoms with E-state index in [-0.39, 0.29) is 6.61 Å². The van der Waals surface area contributed by atoms with Gasteiger partial charge in [0.05, 0.1) is 24.3 Å². The molecular formula is C16H19N3O2S. The Kier molecular flexibility index (Phi) is 4.40. The van der Waals surface area contributed by atoms with Gasteiger partial charge in [-0.2, -0.15) is 0 Å². The zero-order chi connectivity index (χ0) is 15.5. The molecule has 1 aliphatic heterocycles. The van der Waals surface area contributed by atoms with Crippen LogP contribution in [0.25, 0.3) is 0 Å². The number of amidine groups is 1. The lowest BCUT2D eigenvalue weighted by Crippen LogP contribution is -2.30. The van der Waals surface area contributed by atoms with Crippen LogP contribution in [0.2, 0.25) is 0 Å². The number of aliphatic hydroxyl groups is 1. The van der Waals surface area contributed by atoms with Crippen LogP contribution in [0.4, 0.5) is 0 Å². The number of methoxy groups -OCH3 is 1. The molecule has 0 unspecified atom stereocenters. The molecule has 3 rings (SSSR count). The molecule has 0 saturated heterocycles. The van der Waals surface area contributed by atoms with Gasteiger partial charge in [-0.05, 0) is 30.5 Å². The molecule has 0 atom stereocenters. The van der Waals surface area contributed by atoms with Gasteiger partial charge in [0.2, 0.25) is 0 Å². The molecule has 0 fully saturated rings. The van der Waals surface area contributed by atoms with Crippen LogP contribution in [0.5, 0.6) is 5.75 Å². The van der Waals surface area contributed by atoms with Crippen molar-refractivity contribution in [2.75, 3.05) is 13.7 Å². The van der Waals surface area contributed by atoms with Crippen molar-refractivity contribution >= 4 is 17.2 Å². The minimum absolute atomic E-state index is 0.0522. The third-order valence-electron chi connectivity index (χ3n) is 3.78. The maximum absolute atomic E-state index is 9.25. The summed E-state index contributed by atoms with van der Waals surface area (Å²) in [5, 5.41) is 18.4. The number of hydrogen-bond donors (Lipinski definition) is 2. The van der Waals surface area contributed by atoms with E-state index in [9.17, 15) is 5.11 Å². The normalized spacial score (nSPS) is 14.6. The standard InChI is InChI=1S/C16H19N3O2S/c1-21-12-6-4-11(5-7-12)9-19-8-2-3-13-15(16(19)17)22-14(10-20)18-13/h4-7,17,20H,2-3,8-10H2,1H3. The number of aliphatic hydroxyl groups excluding tert-OH is 1. The molecule has 5 nitrogen and oxygen atoms in total. The highest BCUT2D eigenvalue weighted by Crippen LogP contribution is 2.26. The number of fused-ring (bicyclic) bond motifs is 1. The van der Waals surface area contributed by atoms with Crippen LogP contribution in [0.1, 0.15) is 27.6 Å². The summed E-state index contributed by atoms with van der Waals surface area (Å²) in [6.07, 6.45) is 1.84. The minimum Gasteiger partial charge on any atom is -0.497 e. The van der Waals surface area contributed by atoms with E-state index in [4.69, 9.17) is 10.1 Å². The first-order valence-electron chi connectivity index (χ1n) is 7.27. The fourth-order valence-corrected chi connectivity index (χ4v) is 3.57.